The van der Waals surface area contributed by atoms with E-state index in [-0.39, 0.29) is 18.1 Å². The van der Waals surface area contributed by atoms with Crippen molar-refractivity contribution in [1.29, 1.82) is 0 Å². The van der Waals surface area contributed by atoms with Gasteiger partial charge in [-0.05, 0) is 31.0 Å². The molecule has 0 spiro atoms. The number of anilines is 1. The highest BCUT2D eigenvalue weighted by Crippen LogP contribution is 2.14. The molecule has 3 aromatic rings. The van der Waals surface area contributed by atoms with Crippen LogP contribution in [-0.4, -0.2) is 29.8 Å². The largest absolute Gasteiger partial charge is 0.346 e. The summed E-state index contributed by atoms with van der Waals surface area (Å²) in [5, 5.41) is 7.18. The van der Waals surface area contributed by atoms with Gasteiger partial charge in [-0.3, -0.25) is 9.36 Å². The van der Waals surface area contributed by atoms with Gasteiger partial charge in [-0.25, -0.2) is 14.5 Å². The van der Waals surface area contributed by atoms with Crippen molar-refractivity contribution in [3.05, 3.63) is 59.3 Å². The summed E-state index contributed by atoms with van der Waals surface area (Å²) in [5.74, 6) is 0.505. The molecule has 0 saturated carbocycles. The Morgan fingerprint density at radius 2 is 2.15 bits per heavy atom. The molecule has 0 saturated heterocycles. The number of aryl methyl sites for hydroxylation is 1. The first-order chi connectivity index (χ1) is 12.7. The lowest BCUT2D eigenvalue weighted by Crippen LogP contribution is -2.30. The number of carbonyl (C=O) groups excluding carboxylic acids is 1. The van der Waals surface area contributed by atoms with Crippen molar-refractivity contribution < 1.29 is 4.79 Å². The fourth-order valence-corrected chi connectivity index (χ4v) is 3.22. The molecule has 0 fully saturated rings. The number of imidazole rings is 1. The minimum atomic E-state index is -0.275. The van der Waals surface area contributed by atoms with Crippen molar-refractivity contribution in [2.75, 3.05) is 5.32 Å². The van der Waals surface area contributed by atoms with Crippen molar-refractivity contribution in [3.8, 4) is 5.69 Å². The highest BCUT2D eigenvalue weighted by atomic mass is 16.2. The summed E-state index contributed by atoms with van der Waals surface area (Å²) in [6.07, 6.45) is 9.13. The fraction of sp³-hybridized carbons (Fsp3) is 0.333. The second kappa shape index (κ2) is 6.99. The van der Waals surface area contributed by atoms with Gasteiger partial charge in [-0.1, -0.05) is 12.5 Å². The second-order valence-electron chi connectivity index (χ2n) is 6.39. The quantitative estimate of drug-likeness (QED) is 0.773. The third-order valence-electron chi connectivity index (χ3n) is 4.51. The number of amides is 1. The molecule has 4 rings (SSSR count). The standard InChI is InChI=1S/C18H20N6O2/c25-17(12-24-18(26)23-9-3-1-2-7-16(23)21-24)20-14-5-4-6-15(11-14)22-10-8-19-13-22/h4-6,8,10-11,13H,1-3,7,9,12H2,(H,20,25). The molecule has 1 aliphatic rings. The van der Waals surface area contributed by atoms with Crippen LogP contribution >= 0.6 is 0 Å². The maximum absolute atomic E-state index is 12.4. The average molecular weight is 352 g/mol. The van der Waals surface area contributed by atoms with Crippen LogP contribution < -0.4 is 11.0 Å². The van der Waals surface area contributed by atoms with Gasteiger partial charge in [0.05, 0.1) is 6.33 Å². The zero-order chi connectivity index (χ0) is 17.9. The summed E-state index contributed by atoms with van der Waals surface area (Å²) < 4.78 is 4.81. The first-order valence-corrected chi connectivity index (χ1v) is 8.75. The summed E-state index contributed by atoms with van der Waals surface area (Å²) in [6, 6.07) is 7.44. The maximum Gasteiger partial charge on any atom is 0.346 e. The van der Waals surface area contributed by atoms with E-state index in [1.807, 2.05) is 35.0 Å². The van der Waals surface area contributed by atoms with Gasteiger partial charge in [0.15, 0.2) is 0 Å². The summed E-state index contributed by atoms with van der Waals surface area (Å²) >= 11 is 0. The van der Waals surface area contributed by atoms with Crippen molar-refractivity contribution >= 4 is 11.6 Å². The number of nitrogens with one attached hydrogen (secondary N) is 1. The van der Waals surface area contributed by atoms with Gasteiger partial charge in [0.2, 0.25) is 5.91 Å². The molecule has 1 aliphatic heterocycles. The lowest BCUT2D eigenvalue weighted by Gasteiger charge is -2.08. The van der Waals surface area contributed by atoms with E-state index in [4.69, 9.17) is 0 Å². The van der Waals surface area contributed by atoms with Crippen molar-refractivity contribution in [3.63, 3.8) is 0 Å². The number of nitrogens with zero attached hydrogens (tertiary/aromatic N) is 5. The summed E-state index contributed by atoms with van der Waals surface area (Å²) in [7, 11) is 0. The van der Waals surface area contributed by atoms with Crippen LogP contribution in [0, 0.1) is 0 Å². The molecule has 0 bridgehead atoms. The van der Waals surface area contributed by atoms with Crippen LogP contribution in [0.3, 0.4) is 0 Å². The van der Waals surface area contributed by atoms with E-state index in [1.165, 1.54) is 4.68 Å². The molecule has 0 atom stereocenters. The van der Waals surface area contributed by atoms with E-state index < -0.39 is 0 Å². The zero-order valence-electron chi connectivity index (χ0n) is 14.3. The van der Waals surface area contributed by atoms with Crippen LogP contribution in [0.2, 0.25) is 0 Å². The molecule has 0 unspecified atom stereocenters. The van der Waals surface area contributed by atoms with Crippen LogP contribution in [0.4, 0.5) is 5.69 Å². The van der Waals surface area contributed by atoms with Gasteiger partial charge >= 0.3 is 5.69 Å². The van der Waals surface area contributed by atoms with E-state index in [9.17, 15) is 9.59 Å². The normalized spacial score (nSPS) is 13.8. The lowest BCUT2D eigenvalue weighted by molar-refractivity contribution is -0.117. The molecule has 1 N–H and O–H groups in total. The molecule has 26 heavy (non-hydrogen) atoms. The number of aromatic nitrogens is 5. The molecule has 1 amide bonds. The van der Waals surface area contributed by atoms with Gasteiger partial charge in [-0.2, -0.15) is 5.10 Å². The Kier molecular flexibility index (Phi) is 4.39. The number of fused-ring (bicyclic) bond motifs is 1. The molecular formula is C18H20N6O2. The predicted molar refractivity (Wildman–Crippen MR) is 96.2 cm³/mol. The second-order valence-corrected chi connectivity index (χ2v) is 6.39. The van der Waals surface area contributed by atoms with E-state index in [0.717, 1.165) is 37.2 Å². The van der Waals surface area contributed by atoms with E-state index in [1.54, 1.807) is 17.1 Å². The van der Waals surface area contributed by atoms with Gasteiger partial charge in [0.25, 0.3) is 0 Å². The van der Waals surface area contributed by atoms with Gasteiger partial charge < -0.3 is 9.88 Å². The van der Waals surface area contributed by atoms with E-state index in [2.05, 4.69) is 15.4 Å². The minimum Gasteiger partial charge on any atom is -0.324 e. The molecule has 3 heterocycles. The van der Waals surface area contributed by atoms with Crippen molar-refractivity contribution in [2.24, 2.45) is 0 Å². The Morgan fingerprint density at radius 1 is 1.23 bits per heavy atom. The molecule has 134 valence electrons. The van der Waals surface area contributed by atoms with E-state index in [0.29, 0.717) is 12.2 Å². The third kappa shape index (κ3) is 3.30. The Bertz CT molecular complexity index is 970. The zero-order valence-corrected chi connectivity index (χ0v) is 14.3. The molecule has 0 aliphatic carbocycles. The van der Waals surface area contributed by atoms with E-state index >= 15 is 0 Å². The molecule has 8 nitrogen and oxygen atoms in total. The molecular weight excluding hydrogens is 332 g/mol. The first kappa shape index (κ1) is 16.3. The van der Waals surface area contributed by atoms with Crippen molar-refractivity contribution in [2.45, 2.75) is 38.8 Å². The summed E-state index contributed by atoms with van der Waals surface area (Å²) in [5.41, 5.74) is 1.35. The number of hydrogen-bond acceptors (Lipinski definition) is 4. The topological polar surface area (TPSA) is 86.7 Å². The Labute approximate surface area is 150 Å². The Morgan fingerprint density at radius 3 is 3.00 bits per heavy atom. The monoisotopic (exact) mass is 352 g/mol. The summed E-state index contributed by atoms with van der Waals surface area (Å²) in [6.45, 7) is 0.594. The highest BCUT2D eigenvalue weighted by Gasteiger charge is 2.17. The Hall–Kier alpha value is -3.16. The SMILES string of the molecule is O=C(Cn1nc2n(c1=O)CCCCC2)Nc1cccc(-n2ccnc2)c1. The lowest BCUT2D eigenvalue weighted by atomic mass is 10.2. The first-order valence-electron chi connectivity index (χ1n) is 8.75. The van der Waals surface area contributed by atoms with Crippen LogP contribution in [0.15, 0.2) is 47.8 Å². The Balaban J connectivity index is 1.48. The van der Waals surface area contributed by atoms with Crippen LogP contribution in [0.1, 0.15) is 25.1 Å². The maximum atomic E-state index is 12.4. The van der Waals surface area contributed by atoms with Crippen LogP contribution in [-0.2, 0) is 24.3 Å². The molecule has 2 aromatic heterocycles. The van der Waals surface area contributed by atoms with Gasteiger partial charge in [0.1, 0.15) is 12.4 Å². The van der Waals surface area contributed by atoms with Crippen LogP contribution in [0.25, 0.3) is 5.69 Å². The highest BCUT2D eigenvalue weighted by molar-refractivity contribution is 5.90. The number of rotatable bonds is 4. The third-order valence-corrected chi connectivity index (χ3v) is 4.51. The van der Waals surface area contributed by atoms with Crippen LogP contribution in [0.5, 0.6) is 0 Å². The van der Waals surface area contributed by atoms with Gasteiger partial charge in [-0.15, -0.1) is 0 Å². The van der Waals surface area contributed by atoms with Gasteiger partial charge in [0, 0.05) is 36.7 Å². The predicted octanol–water partition coefficient (Wildman–Crippen LogP) is 1.60. The summed E-state index contributed by atoms with van der Waals surface area (Å²) in [4.78, 5) is 28.8. The average Bonchev–Trinajstić information content (AvgIpc) is 3.19. The number of carbonyl (C=O) groups is 1. The smallest absolute Gasteiger partial charge is 0.324 e. The molecule has 0 radical (unpaired) electrons. The number of benzene rings is 1. The number of hydrogen-bond donors (Lipinski definition) is 1. The molecule has 8 heteroatoms. The minimum absolute atomic E-state index is 0.0892. The van der Waals surface area contributed by atoms with Crippen molar-refractivity contribution in [1.82, 2.24) is 23.9 Å². The fourth-order valence-electron chi connectivity index (χ4n) is 3.22. The molecule has 1 aromatic carbocycles.